The Morgan fingerprint density at radius 2 is 1.94 bits per heavy atom. The van der Waals surface area contributed by atoms with Crippen molar-refractivity contribution < 1.29 is 4.74 Å². The summed E-state index contributed by atoms with van der Waals surface area (Å²) >= 11 is 3.48. The third-order valence-corrected chi connectivity index (χ3v) is 6.25. The first-order chi connectivity index (χ1) is 14.9. The molecule has 3 rings (SSSR count). The fourth-order valence-corrected chi connectivity index (χ4v) is 4.48. The van der Waals surface area contributed by atoms with Gasteiger partial charge in [0, 0.05) is 23.4 Å². The molecule has 0 N–H and O–H groups in total. The van der Waals surface area contributed by atoms with Crippen molar-refractivity contribution in [1.82, 2.24) is 4.90 Å². The fraction of sp³-hybridized carbons (Fsp3) is 0.333. The van der Waals surface area contributed by atoms with Gasteiger partial charge in [-0.1, -0.05) is 37.0 Å². The molecule has 0 unspecified atom stereocenters. The number of hydrogen-bond donors (Lipinski definition) is 0. The number of hydrogen-bond acceptors (Lipinski definition) is 4. The lowest BCUT2D eigenvalue weighted by molar-refractivity contribution is 0.301. The number of thiophene rings is 2. The summed E-state index contributed by atoms with van der Waals surface area (Å²) < 4.78 is 6.09. The molecule has 0 fully saturated rings. The van der Waals surface area contributed by atoms with Crippen LogP contribution in [0, 0.1) is 17.3 Å². The van der Waals surface area contributed by atoms with E-state index in [0.717, 1.165) is 25.4 Å². The lowest BCUT2D eigenvalue weighted by Gasteiger charge is -2.18. The van der Waals surface area contributed by atoms with Gasteiger partial charge in [-0.15, -0.1) is 23.7 Å². The van der Waals surface area contributed by atoms with E-state index in [0.29, 0.717) is 6.61 Å². The van der Waals surface area contributed by atoms with Gasteiger partial charge in [-0.25, -0.2) is 0 Å². The van der Waals surface area contributed by atoms with E-state index in [4.69, 9.17) is 4.74 Å². The van der Waals surface area contributed by atoms with Gasteiger partial charge < -0.3 is 4.74 Å². The molecule has 2 heterocycles. The normalized spacial score (nSPS) is 11.3. The molecule has 2 aromatic heterocycles. The van der Waals surface area contributed by atoms with Crippen LogP contribution in [0.1, 0.15) is 38.1 Å². The molecule has 32 heavy (non-hydrogen) atoms. The van der Waals surface area contributed by atoms with Gasteiger partial charge in [0.1, 0.15) is 12.4 Å². The molecule has 1 aromatic carbocycles. The minimum Gasteiger partial charge on any atom is -0.488 e. The summed E-state index contributed by atoms with van der Waals surface area (Å²) in [6.07, 6.45) is 4.11. The number of ether oxygens (including phenoxy) is 1. The third kappa shape index (κ3) is 8.84. The standard InChI is InChI=1S/C27H31NOS2.ClH/c1-5-28(14-8-6-7-13-27(2,3)4)18-22-10-9-11-25(16-22)29-19-26-17-24(21-31-26)23-12-15-30-20-23;/h6,8-12,15-17,20-21H,5,14,18-19H2,1-4H3;1H/b8-6+;. The van der Waals surface area contributed by atoms with Crippen LogP contribution in [0.15, 0.2) is 64.7 Å². The van der Waals surface area contributed by atoms with E-state index in [1.807, 2.05) is 12.1 Å². The SMILES string of the molecule is CCN(C/C=C/C#CC(C)(C)C)Cc1cccc(OCc2cc(-c3ccsc3)cs2)c1.Cl. The zero-order valence-corrected chi connectivity index (χ0v) is 21.7. The van der Waals surface area contributed by atoms with Crippen molar-refractivity contribution in [1.29, 1.82) is 0 Å². The zero-order valence-electron chi connectivity index (χ0n) is 19.3. The van der Waals surface area contributed by atoms with Gasteiger partial charge in [-0.05, 0) is 90.5 Å². The number of halogens is 1. The van der Waals surface area contributed by atoms with E-state index < -0.39 is 0 Å². The van der Waals surface area contributed by atoms with Gasteiger partial charge in [-0.2, -0.15) is 11.3 Å². The van der Waals surface area contributed by atoms with Gasteiger partial charge in [0.25, 0.3) is 0 Å². The highest BCUT2D eigenvalue weighted by Crippen LogP contribution is 2.28. The Balaban J connectivity index is 0.00000363. The van der Waals surface area contributed by atoms with Gasteiger partial charge >= 0.3 is 0 Å². The highest BCUT2D eigenvalue weighted by Gasteiger charge is 2.06. The summed E-state index contributed by atoms with van der Waals surface area (Å²) in [5.41, 5.74) is 3.87. The fourth-order valence-electron chi connectivity index (χ4n) is 3.01. The van der Waals surface area contributed by atoms with Crippen molar-refractivity contribution in [2.45, 2.75) is 40.8 Å². The molecule has 5 heteroatoms. The van der Waals surface area contributed by atoms with Crippen LogP contribution in [0.3, 0.4) is 0 Å². The summed E-state index contributed by atoms with van der Waals surface area (Å²) in [4.78, 5) is 3.63. The molecular weight excluding hydrogens is 454 g/mol. The van der Waals surface area contributed by atoms with Crippen LogP contribution in [0.25, 0.3) is 11.1 Å². The van der Waals surface area contributed by atoms with Crippen LogP contribution in [0.4, 0.5) is 0 Å². The van der Waals surface area contributed by atoms with E-state index in [2.05, 4.69) is 97.0 Å². The quantitative estimate of drug-likeness (QED) is 0.285. The summed E-state index contributed by atoms with van der Waals surface area (Å²) in [5.74, 6) is 7.30. The average molecular weight is 486 g/mol. The lowest BCUT2D eigenvalue weighted by Crippen LogP contribution is -2.22. The smallest absolute Gasteiger partial charge is 0.122 e. The molecule has 0 saturated heterocycles. The summed E-state index contributed by atoms with van der Waals surface area (Å²) in [7, 11) is 0. The first-order valence-electron chi connectivity index (χ1n) is 10.6. The highest BCUT2D eigenvalue weighted by atomic mass is 35.5. The van der Waals surface area contributed by atoms with Crippen LogP contribution in [-0.2, 0) is 13.2 Å². The molecule has 0 aliphatic rings. The molecule has 0 amide bonds. The minimum atomic E-state index is 0. The van der Waals surface area contributed by atoms with Crippen molar-refractivity contribution in [2.75, 3.05) is 13.1 Å². The maximum absolute atomic E-state index is 6.09. The second-order valence-electron chi connectivity index (χ2n) is 8.50. The second-order valence-corrected chi connectivity index (χ2v) is 10.3. The molecule has 0 aliphatic heterocycles. The van der Waals surface area contributed by atoms with Crippen LogP contribution < -0.4 is 4.74 Å². The predicted molar refractivity (Wildman–Crippen MR) is 143 cm³/mol. The highest BCUT2D eigenvalue weighted by molar-refractivity contribution is 7.10. The second kappa shape index (κ2) is 12.9. The number of nitrogens with zero attached hydrogens (tertiary/aromatic N) is 1. The molecule has 0 radical (unpaired) electrons. The Morgan fingerprint density at radius 3 is 2.66 bits per heavy atom. The maximum Gasteiger partial charge on any atom is 0.122 e. The molecule has 0 atom stereocenters. The van der Waals surface area contributed by atoms with Crippen molar-refractivity contribution in [2.24, 2.45) is 5.41 Å². The van der Waals surface area contributed by atoms with Gasteiger partial charge in [-0.3, -0.25) is 4.90 Å². The van der Waals surface area contributed by atoms with Crippen LogP contribution >= 0.6 is 35.1 Å². The van der Waals surface area contributed by atoms with E-state index in [-0.39, 0.29) is 17.8 Å². The van der Waals surface area contributed by atoms with Gasteiger partial charge in [0.15, 0.2) is 0 Å². The summed E-state index contributed by atoms with van der Waals surface area (Å²) in [5, 5.41) is 6.50. The first-order valence-corrected chi connectivity index (χ1v) is 12.5. The van der Waals surface area contributed by atoms with Gasteiger partial charge in [0.2, 0.25) is 0 Å². The van der Waals surface area contributed by atoms with Crippen LogP contribution in [0.5, 0.6) is 5.75 Å². The Labute approximate surface area is 207 Å². The largest absolute Gasteiger partial charge is 0.488 e. The summed E-state index contributed by atoms with van der Waals surface area (Å²) in [6, 6.07) is 12.8. The zero-order chi connectivity index (χ0) is 22.1. The van der Waals surface area contributed by atoms with Crippen LogP contribution in [0.2, 0.25) is 0 Å². The van der Waals surface area contributed by atoms with Gasteiger partial charge in [0.05, 0.1) is 0 Å². The molecule has 0 saturated carbocycles. The first kappa shape index (κ1) is 26.2. The number of benzene rings is 1. The molecule has 2 nitrogen and oxygen atoms in total. The van der Waals surface area contributed by atoms with Crippen LogP contribution in [-0.4, -0.2) is 18.0 Å². The Kier molecular flexibility index (Phi) is 10.5. The van der Waals surface area contributed by atoms with E-state index in [1.165, 1.54) is 21.6 Å². The van der Waals surface area contributed by atoms with E-state index in [9.17, 15) is 0 Å². The minimum absolute atomic E-state index is 0. The Bertz CT molecular complexity index is 1040. The molecule has 3 aromatic rings. The molecular formula is C27H32ClNOS2. The predicted octanol–water partition coefficient (Wildman–Crippen LogP) is 7.91. The number of allylic oxidation sites excluding steroid dienone is 1. The third-order valence-electron chi connectivity index (χ3n) is 4.65. The topological polar surface area (TPSA) is 12.5 Å². The maximum atomic E-state index is 6.09. The van der Waals surface area contributed by atoms with Crippen molar-refractivity contribution in [3.8, 4) is 28.7 Å². The summed E-state index contributed by atoms with van der Waals surface area (Å²) in [6.45, 7) is 11.9. The van der Waals surface area contributed by atoms with Crippen molar-refractivity contribution in [3.63, 3.8) is 0 Å². The molecule has 0 aliphatic carbocycles. The molecule has 0 spiro atoms. The Morgan fingerprint density at radius 1 is 1.09 bits per heavy atom. The molecule has 0 bridgehead atoms. The number of rotatable bonds is 9. The van der Waals surface area contributed by atoms with E-state index in [1.54, 1.807) is 22.7 Å². The number of likely N-dealkylation sites (N-methyl/N-ethyl adjacent to an activating group) is 1. The average Bonchev–Trinajstić information content (AvgIpc) is 3.42. The monoisotopic (exact) mass is 485 g/mol. The Hall–Kier alpha value is -2.03. The van der Waals surface area contributed by atoms with Crippen molar-refractivity contribution in [3.05, 3.63) is 75.1 Å². The lowest BCUT2D eigenvalue weighted by atomic mass is 9.98. The van der Waals surface area contributed by atoms with E-state index >= 15 is 0 Å². The van der Waals surface area contributed by atoms with Crippen molar-refractivity contribution >= 4 is 35.1 Å². The molecule has 170 valence electrons.